The van der Waals surface area contributed by atoms with Crippen molar-refractivity contribution >= 4 is 81.3 Å². The molecule has 0 aromatic carbocycles. The Morgan fingerprint density at radius 3 is 2.15 bits per heavy atom. The van der Waals surface area contributed by atoms with Crippen molar-refractivity contribution in [1.82, 2.24) is 19.0 Å². The second-order valence-electron chi connectivity index (χ2n) is 8.56. The van der Waals surface area contributed by atoms with E-state index in [1.807, 2.05) is 0 Å². The van der Waals surface area contributed by atoms with Crippen molar-refractivity contribution in [3.05, 3.63) is 53.9 Å². The van der Waals surface area contributed by atoms with Gasteiger partial charge >= 0.3 is 0 Å². The van der Waals surface area contributed by atoms with Crippen LogP contribution < -0.4 is 26.6 Å². The first-order chi connectivity index (χ1) is 18.5. The summed E-state index contributed by atoms with van der Waals surface area (Å²) in [5.41, 5.74) is 6.81. The molecule has 40 heavy (non-hydrogen) atoms. The lowest BCUT2D eigenvalue weighted by atomic mass is 10.3. The quantitative estimate of drug-likeness (QED) is 0.0917. The summed E-state index contributed by atoms with van der Waals surface area (Å²) in [6, 6.07) is 4.34. The zero-order valence-electron chi connectivity index (χ0n) is 21.9. The van der Waals surface area contributed by atoms with Gasteiger partial charge in [-0.1, -0.05) is 15.9 Å². The lowest BCUT2D eigenvalue weighted by Gasteiger charge is -2.18. The van der Waals surface area contributed by atoms with E-state index in [0.717, 1.165) is 4.90 Å². The lowest BCUT2D eigenvalue weighted by molar-refractivity contribution is -0.115. The fraction of sp³-hybridized carbons (Fsp3) is 0.250. The molecule has 214 valence electrons. The van der Waals surface area contributed by atoms with Crippen LogP contribution in [0.2, 0.25) is 0 Å². The molecular weight excluding hydrogens is 610 g/mol. The number of halogens is 2. The minimum absolute atomic E-state index is 0. The highest BCUT2D eigenvalue weighted by molar-refractivity contribution is 9.09. The first-order valence-corrected chi connectivity index (χ1v) is 12.6. The molecule has 0 bridgehead atoms. The molecule has 3 rings (SSSR count). The molecule has 5 amide bonds. The molecule has 6 N–H and O–H groups in total. The highest BCUT2D eigenvalue weighted by Crippen LogP contribution is 2.24. The number of carbonyl (C=O) groups excluding carboxylic acids is 5. The fourth-order valence-corrected chi connectivity index (χ4v) is 4.07. The monoisotopic (exact) mass is 637 g/mol. The van der Waals surface area contributed by atoms with Crippen LogP contribution in [0, 0.1) is 5.41 Å². The maximum Gasteiger partial charge on any atom is 0.281 e. The fourth-order valence-electron chi connectivity index (χ4n) is 3.82. The van der Waals surface area contributed by atoms with Gasteiger partial charge in [-0.15, -0.1) is 12.4 Å². The van der Waals surface area contributed by atoms with E-state index in [0.29, 0.717) is 17.8 Å². The first kappa shape index (κ1) is 31.8. The number of carbonyl (C=O) groups is 5. The number of imide groups is 1. The molecule has 0 aliphatic heterocycles. The third kappa shape index (κ3) is 7.18. The number of rotatable bonds is 11. The number of nitrogens with one attached hydrogen (secondary N) is 4. The Bertz CT molecular complexity index is 1460. The Kier molecular flexibility index (Phi) is 10.8. The standard InChI is InChI=1S/C24H28BrN9O5.ClH/c1-31-10-14(29-13-35)6-17(31)23(38)30-15-7-19(32(2)11-15)24(39)34(21(36)9-25)16-8-18(33(3)12-16)22(37)28-5-4-20(26)27;/h6-8,10-13H,4-5,9H2,1-3H3,(H3,26,27)(H,28,37)(H,29,35)(H,30,38);1H. The maximum absolute atomic E-state index is 13.6. The van der Waals surface area contributed by atoms with E-state index >= 15 is 0 Å². The van der Waals surface area contributed by atoms with Crippen LogP contribution in [0.25, 0.3) is 0 Å². The van der Waals surface area contributed by atoms with E-state index in [-0.39, 0.29) is 59.3 Å². The van der Waals surface area contributed by atoms with E-state index in [1.165, 1.54) is 44.3 Å². The van der Waals surface area contributed by atoms with Gasteiger partial charge in [0.1, 0.15) is 17.1 Å². The van der Waals surface area contributed by atoms with Crippen LogP contribution >= 0.6 is 28.3 Å². The molecule has 0 radical (unpaired) electrons. The summed E-state index contributed by atoms with van der Waals surface area (Å²) in [5, 5.41) is 14.9. The zero-order valence-corrected chi connectivity index (χ0v) is 24.3. The van der Waals surface area contributed by atoms with Crippen molar-refractivity contribution in [1.29, 1.82) is 5.41 Å². The Morgan fingerprint density at radius 2 is 1.52 bits per heavy atom. The summed E-state index contributed by atoms with van der Waals surface area (Å²) >= 11 is 3.10. The molecule has 0 atom stereocenters. The molecule has 0 spiro atoms. The van der Waals surface area contributed by atoms with Crippen molar-refractivity contribution in [3.8, 4) is 0 Å². The van der Waals surface area contributed by atoms with E-state index in [2.05, 4.69) is 31.9 Å². The van der Waals surface area contributed by atoms with Crippen molar-refractivity contribution < 1.29 is 24.0 Å². The molecule has 3 heterocycles. The minimum Gasteiger partial charge on any atom is -0.388 e. The highest BCUT2D eigenvalue weighted by atomic mass is 79.9. The van der Waals surface area contributed by atoms with Gasteiger partial charge in [0.05, 0.1) is 28.2 Å². The second-order valence-corrected chi connectivity index (χ2v) is 9.12. The van der Waals surface area contributed by atoms with Crippen molar-refractivity contribution in [2.75, 3.05) is 27.4 Å². The van der Waals surface area contributed by atoms with Crippen molar-refractivity contribution in [3.63, 3.8) is 0 Å². The van der Waals surface area contributed by atoms with Crippen LogP contribution in [0.1, 0.15) is 37.9 Å². The number of nitrogens with two attached hydrogens (primary N) is 1. The smallest absolute Gasteiger partial charge is 0.281 e. The SMILES string of the molecule is Cl.Cn1cc(N(C(=O)CBr)C(=O)c2cc(NC(=O)c3cc(NC=O)cn3C)cn2C)cc1C(=O)NCCC(=N)N. The van der Waals surface area contributed by atoms with Gasteiger partial charge in [0.15, 0.2) is 0 Å². The van der Waals surface area contributed by atoms with E-state index in [1.54, 1.807) is 27.3 Å². The summed E-state index contributed by atoms with van der Waals surface area (Å²) in [6.45, 7) is 0.160. The summed E-state index contributed by atoms with van der Waals surface area (Å²) in [7, 11) is 4.83. The van der Waals surface area contributed by atoms with Gasteiger partial charge in [-0.25, -0.2) is 4.90 Å². The molecule has 3 aromatic heterocycles. The first-order valence-electron chi connectivity index (χ1n) is 11.5. The van der Waals surface area contributed by atoms with Gasteiger partial charge in [0.2, 0.25) is 12.3 Å². The third-order valence-corrected chi connectivity index (χ3v) is 6.15. The minimum atomic E-state index is -0.673. The van der Waals surface area contributed by atoms with Gasteiger partial charge < -0.3 is 35.4 Å². The lowest BCUT2D eigenvalue weighted by Crippen LogP contribution is -2.38. The molecular formula is C24H29BrClN9O5. The number of hydrogen-bond donors (Lipinski definition) is 5. The van der Waals surface area contributed by atoms with E-state index < -0.39 is 23.6 Å². The van der Waals surface area contributed by atoms with Crippen molar-refractivity contribution in [2.45, 2.75) is 6.42 Å². The molecule has 0 unspecified atom stereocenters. The molecule has 0 aliphatic carbocycles. The number of hydrogen-bond acceptors (Lipinski definition) is 6. The second kappa shape index (κ2) is 13.6. The number of nitrogens with zero attached hydrogens (tertiary/aromatic N) is 4. The van der Waals surface area contributed by atoms with E-state index in [9.17, 15) is 24.0 Å². The summed E-state index contributed by atoms with van der Waals surface area (Å²) in [5.74, 6) is -2.24. The third-order valence-electron chi connectivity index (χ3n) is 5.67. The van der Waals surface area contributed by atoms with E-state index in [4.69, 9.17) is 11.1 Å². The highest BCUT2D eigenvalue weighted by Gasteiger charge is 2.29. The topological polar surface area (TPSA) is 189 Å². The number of amidine groups is 1. The average Bonchev–Trinajstić information content (AvgIpc) is 3.55. The maximum atomic E-state index is 13.6. The molecule has 16 heteroatoms. The molecule has 0 saturated heterocycles. The van der Waals surface area contributed by atoms with Crippen LogP contribution in [0.4, 0.5) is 17.1 Å². The number of anilines is 3. The Balaban J connectivity index is 0.00000560. The number of aryl methyl sites for hydroxylation is 3. The Labute approximate surface area is 243 Å². The number of amides is 5. The molecule has 0 saturated carbocycles. The normalized spacial score (nSPS) is 10.3. The summed E-state index contributed by atoms with van der Waals surface area (Å²) < 4.78 is 4.48. The van der Waals surface area contributed by atoms with Gasteiger partial charge in [-0.2, -0.15) is 0 Å². The molecule has 14 nitrogen and oxygen atoms in total. The van der Waals surface area contributed by atoms with Gasteiger partial charge in [-0.3, -0.25) is 29.4 Å². The van der Waals surface area contributed by atoms with Crippen LogP contribution in [0.15, 0.2) is 36.8 Å². The Hall–Kier alpha value is -4.37. The molecule has 3 aromatic rings. The predicted molar refractivity (Wildman–Crippen MR) is 156 cm³/mol. The van der Waals surface area contributed by atoms with Gasteiger partial charge in [-0.05, 0) is 18.2 Å². The van der Waals surface area contributed by atoms with Crippen LogP contribution in [-0.4, -0.2) is 61.5 Å². The molecule has 0 fully saturated rings. The average molecular weight is 639 g/mol. The van der Waals surface area contributed by atoms with Crippen LogP contribution in [0.3, 0.4) is 0 Å². The summed E-state index contributed by atoms with van der Waals surface area (Å²) in [4.78, 5) is 63.4. The van der Waals surface area contributed by atoms with Gasteiger partial charge in [0.25, 0.3) is 17.7 Å². The predicted octanol–water partition coefficient (Wildman–Crippen LogP) is 1.57. The number of aromatic nitrogens is 3. The largest absolute Gasteiger partial charge is 0.388 e. The van der Waals surface area contributed by atoms with Gasteiger partial charge in [0, 0.05) is 52.7 Å². The zero-order chi connectivity index (χ0) is 28.9. The van der Waals surface area contributed by atoms with Crippen LogP contribution in [-0.2, 0) is 30.7 Å². The molecule has 0 aliphatic rings. The Morgan fingerprint density at radius 1 is 0.950 bits per heavy atom. The van der Waals surface area contributed by atoms with Crippen molar-refractivity contribution in [2.24, 2.45) is 26.9 Å². The van der Waals surface area contributed by atoms with Crippen LogP contribution in [0.5, 0.6) is 0 Å². The number of alkyl halides is 1. The summed E-state index contributed by atoms with van der Waals surface area (Å²) in [6.07, 6.45) is 5.26.